The Hall–Kier alpha value is -1.52. The highest BCUT2D eigenvalue weighted by Gasteiger charge is 2.17. The van der Waals surface area contributed by atoms with Crippen LogP contribution < -0.4 is 10.5 Å². The number of aromatic nitrogens is 1. The summed E-state index contributed by atoms with van der Waals surface area (Å²) in [5.74, 6) is 1.69. The molecular formula is C15H19ClN2O2. The fourth-order valence-electron chi connectivity index (χ4n) is 2.31. The molecule has 0 fully saturated rings. The van der Waals surface area contributed by atoms with Crippen molar-refractivity contribution in [1.82, 2.24) is 5.16 Å². The van der Waals surface area contributed by atoms with Crippen LogP contribution in [-0.4, -0.2) is 18.8 Å². The summed E-state index contributed by atoms with van der Waals surface area (Å²) in [6.45, 7) is 4.40. The molecule has 5 heteroatoms. The average Bonchev–Trinajstić information content (AvgIpc) is 2.75. The Kier molecular flexibility index (Phi) is 4.68. The van der Waals surface area contributed by atoms with E-state index in [0.717, 1.165) is 29.0 Å². The second kappa shape index (κ2) is 6.29. The number of hydrogen-bond acceptors (Lipinski definition) is 4. The van der Waals surface area contributed by atoms with E-state index in [4.69, 9.17) is 26.6 Å². The summed E-state index contributed by atoms with van der Waals surface area (Å²) >= 11 is 6.18. The Morgan fingerprint density at radius 3 is 2.65 bits per heavy atom. The first-order chi connectivity index (χ1) is 9.56. The first kappa shape index (κ1) is 14.9. The fraction of sp³-hybridized carbons (Fsp3) is 0.400. The molecule has 2 N–H and O–H groups in total. The van der Waals surface area contributed by atoms with Crippen molar-refractivity contribution >= 4 is 11.6 Å². The first-order valence-corrected chi connectivity index (χ1v) is 6.89. The minimum atomic E-state index is 0.176. The van der Waals surface area contributed by atoms with Crippen LogP contribution in [-0.2, 0) is 6.42 Å². The van der Waals surface area contributed by atoms with E-state index in [1.807, 2.05) is 32.0 Å². The summed E-state index contributed by atoms with van der Waals surface area (Å²) < 4.78 is 10.4. The van der Waals surface area contributed by atoms with Crippen molar-refractivity contribution in [3.05, 3.63) is 45.8 Å². The maximum atomic E-state index is 6.18. The molecular weight excluding hydrogens is 276 g/mol. The van der Waals surface area contributed by atoms with Gasteiger partial charge in [-0.15, -0.1) is 0 Å². The van der Waals surface area contributed by atoms with Gasteiger partial charge in [0, 0.05) is 11.5 Å². The van der Waals surface area contributed by atoms with Gasteiger partial charge in [-0.3, -0.25) is 0 Å². The minimum Gasteiger partial charge on any atom is -0.495 e. The maximum absolute atomic E-state index is 6.18. The lowest BCUT2D eigenvalue weighted by molar-refractivity contribution is 0.392. The molecule has 20 heavy (non-hydrogen) atoms. The zero-order valence-electron chi connectivity index (χ0n) is 11.9. The monoisotopic (exact) mass is 294 g/mol. The Balaban J connectivity index is 2.26. The molecule has 1 heterocycles. The van der Waals surface area contributed by atoms with Gasteiger partial charge in [0.2, 0.25) is 0 Å². The molecule has 2 aromatic rings. The van der Waals surface area contributed by atoms with Gasteiger partial charge in [-0.2, -0.15) is 0 Å². The standard InChI is InChI=1S/C15H19ClN2O2/c1-9-13(10(2)20-18-9)6-12(8-17)11-4-5-15(19-3)14(16)7-11/h4-5,7,12H,6,8,17H2,1-3H3. The summed E-state index contributed by atoms with van der Waals surface area (Å²) in [6, 6.07) is 5.78. The highest BCUT2D eigenvalue weighted by molar-refractivity contribution is 6.32. The molecule has 1 aromatic heterocycles. The van der Waals surface area contributed by atoms with Crippen LogP contribution >= 0.6 is 11.6 Å². The number of methoxy groups -OCH3 is 1. The molecule has 0 aliphatic heterocycles. The summed E-state index contributed by atoms with van der Waals surface area (Å²) in [6.07, 6.45) is 0.792. The number of rotatable bonds is 5. The number of halogens is 1. The SMILES string of the molecule is COc1ccc(C(CN)Cc2c(C)noc2C)cc1Cl. The third kappa shape index (κ3) is 2.97. The summed E-state index contributed by atoms with van der Waals surface area (Å²) in [4.78, 5) is 0. The van der Waals surface area contributed by atoms with Crippen LogP contribution in [0.25, 0.3) is 0 Å². The number of benzene rings is 1. The van der Waals surface area contributed by atoms with E-state index < -0.39 is 0 Å². The van der Waals surface area contributed by atoms with E-state index in [2.05, 4.69) is 5.16 Å². The van der Waals surface area contributed by atoms with E-state index in [0.29, 0.717) is 17.3 Å². The van der Waals surface area contributed by atoms with Gasteiger partial charge in [0.15, 0.2) is 0 Å². The normalized spacial score (nSPS) is 12.4. The summed E-state index contributed by atoms with van der Waals surface area (Å²) in [5.41, 5.74) is 9.05. The summed E-state index contributed by atoms with van der Waals surface area (Å²) in [7, 11) is 1.60. The predicted octanol–water partition coefficient (Wildman–Crippen LogP) is 3.24. The Morgan fingerprint density at radius 2 is 2.15 bits per heavy atom. The molecule has 2 rings (SSSR count). The van der Waals surface area contributed by atoms with E-state index in [1.165, 1.54) is 0 Å². The summed E-state index contributed by atoms with van der Waals surface area (Å²) in [5, 5.41) is 4.58. The number of aryl methyl sites for hydroxylation is 2. The fourth-order valence-corrected chi connectivity index (χ4v) is 2.58. The Morgan fingerprint density at radius 1 is 1.40 bits per heavy atom. The number of nitrogens with two attached hydrogens (primary N) is 1. The van der Waals surface area contributed by atoms with Crippen molar-refractivity contribution < 1.29 is 9.26 Å². The molecule has 0 spiro atoms. The number of hydrogen-bond donors (Lipinski definition) is 1. The second-order valence-corrected chi connectivity index (χ2v) is 5.24. The quantitative estimate of drug-likeness (QED) is 0.919. The van der Waals surface area contributed by atoms with Crippen LogP contribution in [0.2, 0.25) is 5.02 Å². The highest BCUT2D eigenvalue weighted by Crippen LogP contribution is 2.30. The smallest absolute Gasteiger partial charge is 0.137 e. The van der Waals surface area contributed by atoms with Gasteiger partial charge < -0.3 is 15.0 Å². The van der Waals surface area contributed by atoms with Gasteiger partial charge in [-0.25, -0.2) is 0 Å². The molecule has 0 aliphatic carbocycles. The lowest BCUT2D eigenvalue weighted by Crippen LogP contribution is -2.15. The van der Waals surface area contributed by atoms with Crippen molar-refractivity contribution in [3.63, 3.8) is 0 Å². The van der Waals surface area contributed by atoms with Gasteiger partial charge in [0.1, 0.15) is 11.5 Å². The zero-order valence-corrected chi connectivity index (χ0v) is 12.7. The zero-order chi connectivity index (χ0) is 14.7. The van der Waals surface area contributed by atoms with Crippen LogP contribution in [0.1, 0.15) is 28.5 Å². The molecule has 1 atom stereocenters. The van der Waals surface area contributed by atoms with Crippen LogP contribution in [0.5, 0.6) is 5.75 Å². The van der Waals surface area contributed by atoms with Crippen LogP contribution in [0.4, 0.5) is 0 Å². The Bertz CT molecular complexity index is 576. The van der Waals surface area contributed by atoms with Gasteiger partial charge >= 0.3 is 0 Å². The highest BCUT2D eigenvalue weighted by atomic mass is 35.5. The van der Waals surface area contributed by atoms with E-state index >= 15 is 0 Å². The molecule has 0 radical (unpaired) electrons. The van der Waals surface area contributed by atoms with Gasteiger partial charge in [-0.05, 0) is 44.5 Å². The van der Waals surface area contributed by atoms with Crippen molar-refractivity contribution in [2.45, 2.75) is 26.2 Å². The topological polar surface area (TPSA) is 61.3 Å². The lowest BCUT2D eigenvalue weighted by atomic mass is 9.91. The largest absolute Gasteiger partial charge is 0.495 e. The van der Waals surface area contributed by atoms with Crippen LogP contribution in [0, 0.1) is 13.8 Å². The molecule has 1 unspecified atom stereocenters. The van der Waals surface area contributed by atoms with Crippen molar-refractivity contribution in [1.29, 1.82) is 0 Å². The van der Waals surface area contributed by atoms with Crippen molar-refractivity contribution in [2.75, 3.05) is 13.7 Å². The molecule has 0 saturated carbocycles. The molecule has 0 bridgehead atoms. The molecule has 0 amide bonds. The van der Waals surface area contributed by atoms with Gasteiger partial charge in [0.05, 0.1) is 17.8 Å². The maximum Gasteiger partial charge on any atom is 0.137 e. The second-order valence-electron chi connectivity index (χ2n) is 4.83. The molecule has 0 saturated heterocycles. The van der Waals surface area contributed by atoms with E-state index in [9.17, 15) is 0 Å². The van der Waals surface area contributed by atoms with Crippen molar-refractivity contribution in [2.24, 2.45) is 5.73 Å². The molecule has 0 aliphatic rings. The third-order valence-electron chi connectivity index (χ3n) is 3.56. The average molecular weight is 295 g/mol. The van der Waals surface area contributed by atoms with Crippen LogP contribution in [0.15, 0.2) is 22.7 Å². The van der Waals surface area contributed by atoms with Gasteiger partial charge in [-0.1, -0.05) is 22.8 Å². The number of ether oxygens (including phenoxy) is 1. The van der Waals surface area contributed by atoms with E-state index in [1.54, 1.807) is 7.11 Å². The molecule has 1 aromatic carbocycles. The third-order valence-corrected chi connectivity index (χ3v) is 3.86. The first-order valence-electron chi connectivity index (χ1n) is 6.52. The number of nitrogens with zero attached hydrogens (tertiary/aromatic N) is 1. The molecule has 4 nitrogen and oxygen atoms in total. The molecule has 108 valence electrons. The minimum absolute atomic E-state index is 0.176. The van der Waals surface area contributed by atoms with Crippen molar-refractivity contribution in [3.8, 4) is 5.75 Å². The lowest BCUT2D eigenvalue weighted by Gasteiger charge is -2.16. The van der Waals surface area contributed by atoms with E-state index in [-0.39, 0.29) is 5.92 Å². The van der Waals surface area contributed by atoms with Crippen LogP contribution in [0.3, 0.4) is 0 Å². The predicted molar refractivity (Wildman–Crippen MR) is 79.5 cm³/mol. The van der Waals surface area contributed by atoms with Gasteiger partial charge in [0.25, 0.3) is 0 Å². The Labute approximate surface area is 123 Å².